The van der Waals surface area contributed by atoms with Gasteiger partial charge in [0.1, 0.15) is 11.3 Å². The predicted octanol–water partition coefficient (Wildman–Crippen LogP) is 5.12. The molecule has 0 aromatic heterocycles. The third-order valence-corrected chi connectivity index (χ3v) is 5.99. The van der Waals surface area contributed by atoms with E-state index in [0.717, 1.165) is 21.4 Å². The van der Waals surface area contributed by atoms with Gasteiger partial charge in [-0.1, -0.05) is 47.5 Å². The zero-order valence-corrected chi connectivity index (χ0v) is 17.3. The summed E-state index contributed by atoms with van der Waals surface area (Å²) in [5, 5.41) is 5.56. The summed E-state index contributed by atoms with van der Waals surface area (Å²) in [7, 11) is 1.61. The average Bonchev–Trinajstić information content (AvgIpc) is 2.93. The molecule has 148 valence electrons. The van der Waals surface area contributed by atoms with Crippen molar-refractivity contribution in [3.63, 3.8) is 0 Å². The van der Waals surface area contributed by atoms with Crippen molar-refractivity contribution in [1.29, 1.82) is 0 Å². The molecule has 3 amide bonds. The lowest BCUT2D eigenvalue weighted by Gasteiger charge is -2.23. The summed E-state index contributed by atoms with van der Waals surface area (Å²) in [6.07, 6.45) is 0. The van der Waals surface area contributed by atoms with E-state index in [4.69, 9.17) is 27.9 Å². The first kappa shape index (κ1) is 19.6. The van der Waals surface area contributed by atoms with Crippen LogP contribution in [0, 0.1) is 0 Å². The Kier molecular flexibility index (Phi) is 4.89. The van der Waals surface area contributed by atoms with E-state index in [-0.39, 0.29) is 12.5 Å². The summed E-state index contributed by atoms with van der Waals surface area (Å²) in [6, 6.07) is 15.9. The minimum atomic E-state index is -1.18. The zero-order valence-electron chi connectivity index (χ0n) is 15.8. The van der Waals surface area contributed by atoms with Gasteiger partial charge in [-0.25, -0.2) is 4.79 Å². The summed E-state index contributed by atoms with van der Waals surface area (Å²) < 4.78 is 5.25. The second-order valence-corrected chi connectivity index (χ2v) is 7.89. The predicted molar refractivity (Wildman–Crippen MR) is 113 cm³/mol. The standard InChI is InChI=1S/C22H18Cl2N2O3/c1-22(15-8-6-14-11-16(29-2)9-7-13(14)10-15)20(27)26(21(28)25-22)12-17-18(23)4-3-5-19(17)24/h3-11H,12H2,1-2H3,(H,25,28). The summed E-state index contributed by atoms with van der Waals surface area (Å²) in [5.74, 6) is 0.399. The first-order chi connectivity index (χ1) is 13.8. The number of imide groups is 1. The SMILES string of the molecule is COc1ccc2cc(C3(C)NC(=O)N(Cc4c(Cl)cccc4Cl)C3=O)ccc2c1. The smallest absolute Gasteiger partial charge is 0.325 e. The highest BCUT2D eigenvalue weighted by atomic mass is 35.5. The van der Waals surface area contributed by atoms with Gasteiger partial charge >= 0.3 is 6.03 Å². The van der Waals surface area contributed by atoms with Crippen LogP contribution in [0.15, 0.2) is 54.6 Å². The van der Waals surface area contributed by atoms with Crippen LogP contribution in [0.2, 0.25) is 10.0 Å². The van der Waals surface area contributed by atoms with Crippen molar-refractivity contribution in [1.82, 2.24) is 10.2 Å². The maximum absolute atomic E-state index is 13.2. The number of nitrogens with zero attached hydrogens (tertiary/aromatic N) is 1. The van der Waals surface area contributed by atoms with Gasteiger partial charge in [-0.05, 0) is 53.6 Å². The van der Waals surface area contributed by atoms with Gasteiger partial charge in [0.15, 0.2) is 0 Å². The number of nitrogens with one attached hydrogen (secondary N) is 1. The number of carbonyl (C=O) groups is 2. The van der Waals surface area contributed by atoms with Gasteiger partial charge in [-0.15, -0.1) is 0 Å². The lowest BCUT2D eigenvalue weighted by Crippen LogP contribution is -2.40. The van der Waals surface area contributed by atoms with E-state index in [1.807, 2.05) is 36.4 Å². The Bertz CT molecular complexity index is 1130. The van der Waals surface area contributed by atoms with E-state index >= 15 is 0 Å². The van der Waals surface area contributed by atoms with Crippen molar-refractivity contribution >= 4 is 45.9 Å². The van der Waals surface area contributed by atoms with Crippen LogP contribution in [-0.2, 0) is 16.9 Å². The van der Waals surface area contributed by atoms with Crippen LogP contribution < -0.4 is 10.1 Å². The number of methoxy groups -OCH3 is 1. The topological polar surface area (TPSA) is 58.6 Å². The maximum atomic E-state index is 13.2. The van der Waals surface area contributed by atoms with Crippen LogP contribution in [0.3, 0.4) is 0 Å². The van der Waals surface area contributed by atoms with Crippen molar-refractivity contribution in [2.45, 2.75) is 19.0 Å². The number of carbonyl (C=O) groups excluding carboxylic acids is 2. The van der Waals surface area contributed by atoms with E-state index in [0.29, 0.717) is 21.2 Å². The summed E-state index contributed by atoms with van der Waals surface area (Å²) in [4.78, 5) is 27.0. The number of halogens is 2. The fraction of sp³-hybridized carbons (Fsp3) is 0.182. The highest BCUT2D eigenvalue weighted by Crippen LogP contribution is 2.34. The molecule has 1 N–H and O–H groups in total. The van der Waals surface area contributed by atoms with Crippen molar-refractivity contribution in [3.05, 3.63) is 75.8 Å². The molecule has 1 aliphatic heterocycles. The van der Waals surface area contributed by atoms with Crippen molar-refractivity contribution < 1.29 is 14.3 Å². The lowest BCUT2D eigenvalue weighted by atomic mass is 9.90. The number of hydrogen-bond donors (Lipinski definition) is 1. The first-order valence-corrected chi connectivity index (χ1v) is 9.74. The van der Waals surface area contributed by atoms with E-state index in [2.05, 4.69) is 5.32 Å². The van der Waals surface area contributed by atoms with Crippen LogP contribution in [0.1, 0.15) is 18.1 Å². The normalized spacial score (nSPS) is 19.0. The second kappa shape index (κ2) is 7.25. The Morgan fingerprint density at radius 3 is 2.34 bits per heavy atom. The van der Waals surface area contributed by atoms with Gasteiger partial charge in [0, 0.05) is 15.6 Å². The van der Waals surface area contributed by atoms with E-state index in [9.17, 15) is 9.59 Å². The molecule has 0 saturated carbocycles. The fourth-order valence-electron chi connectivity index (χ4n) is 3.54. The van der Waals surface area contributed by atoms with Gasteiger partial charge in [0.05, 0.1) is 13.7 Å². The van der Waals surface area contributed by atoms with E-state index < -0.39 is 11.6 Å². The molecule has 1 fully saturated rings. The molecule has 0 spiro atoms. The Balaban J connectivity index is 1.69. The number of amides is 3. The molecule has 4 rings (SSSR count). The van der Waals surface area contributed by atoms with Crippen LogP contribution in [-0.4, -0.2) is 23.9 Å². The molecule has 1 atom stereocenters. The summed E-state index contributed by atoms with van der Waals surface area (Å²) in [5.41, 5.74) is 0.0503. The quantitative estimate of drug-likeness (QED) is 0.586. The first-order valence-electron chi connectivity index (χ1n) is 8.99. The Labute approximate surface area is 178 Å². The molecule has 3 aromatic carbocycles. The van der Waals surface area contributed by atoms with Gasteiger partial charge in [0.2, 0.25) is 0 Å². The summed E-state index contributed by atoms with van der Waals surface area (Å²) in [6.45, 7) is 1.70. The Morgan fingerprint density at radius 1 is 1.00 bits per heavy atom. The molecule has 0 bridgehead atoms. The highest BCUT2D eigenvalue weighted by Gasteiger charge is 2.49. The number of urea groups is 1. The molecule has 3 aromatic rings. The number of fused-ring (bicyclic) bond motifs is 1. The van der Waals surface area contributed by atoms with Crippen LogP contribution >= 0.6 is 23.2 Å². The summed E-state index contributed by atoms with van der Waals surface area (Å²) >= 11 is 12.4. The zero-order chi connectivity index (χ0) is 20.8. The molecule has 7 heteroatoms. The number of benzene rings is 3. The third kappa shape index (κ3) is 3.30. The fourth-order valence-corrected chi connectivity index (χ4v) is 4.06. The Hall–Kier alpha value is -2.76. The van der Waals surface area contributed by atoms with Gasteiger partial charge in [-0.2, -0.15) is 0 Å². The molecule has 0 aliphatic carbocycles. The molecule has 1 heterocycles. The molecule has 5 nitrogen and oxygen atoms in total. The van der Waals surface area contributed by atoms with E-state index in [1.54, 1.807) is 32.2 Å². The van der Waals surface area contributed by atoms with Crippen molar-refractivity contribution in [3.8, 4) is 5.75 Å². The molecular formula is C22H18Cl2N2O3. The van der Waals surface area contributed by atoms with Crippen LogP contribution in [0.25, 0.3) is 10.8 Å². The molecule has 1 aliphatic rings. The second-order valence-electron chi connectivity index (χ2n) is 7.07. The minimum Gasteiger partial charge on any atom is -0.497 e. The highest BCUT2D eigenvalue weighted by molar-refractivity contribution is 6.36. The molecular weight excluding hydrogens is 411 g/mol. The molecule has 1 saturated heterocycles. The minimum absolute atomic E-state index is 0.00352. The van der Waals surface area contributed by atoms with E-state index in [1.165, 1.54) is 0 Å². The number of hydrogen-bond acceptors (Lipinski definition) is 3. The third-order valence-electron chi connectivity index (χ3n) is 5.28. The van der Waals surface area contributed by atoms with Crippen molar-refractivity contribution in [2.75, 3.05) is 7.11 Å². The van der Waals surface area contributed by atoms with Gasteiger partial charge in [0.25, 0.3) is 5.91 Å². The monoisotopic (exact) mass is 428 g/mol. The molecule has 1 unspecified atom stereocenters. The molecule has 29 heavy (non-hydrogen) atoms. The lowest BCUT2D eigenvalue weighted by molar-refractivity contribution is -0.131. The van der Waals surface area contributed by atoms with Crippen LogP contribution in [0.5, 0.6) is 5.75 Å². The molecule has 0 radical (unpaired) electrons. The number of rotatable bonds is 4. The number of ether oxygens (including phenoxy) is 1. The van der Waals surface area contributed by atoms with Crippen molar-refractivity contribution in [2.24, 2.45) is 0 Å². The van der Waals surface area contributed by atoms with Crippen LogP contribution in [0.4, 0.5) is 4.79 Å². The maximum Gasteiger partial charge on any atom is 0.325 e. The largest absolute Gasteiger partial charge is 0.497 e. The van der Waals surface area contributed by atoms with Gasteiger partial charge in [-0.3, -0.25) is 9.69 Å². The Morgan fingerprint density at radius 2 is 1.66 bits per heavy atom. The van der Waals surface area contributed by atoms with Gasteiger partial charge < -0.3 is 10.1 Å². The average molecular weight is 429 g/mol.